The summed E-state index contributed by atoms with van der Waals surface area (Å²) >= 11 is 0. The Hall–Kier alpha value is -1.76. The zero-order chi connectivity index (χ0) is 17.6. The third-order valence-corrected chi connectivity index (χ3v) is 4.19. The van der Waals surface area contributed by atoms with Crippen molar-refractivity contribution < 1.29 is 18.0 Å². The Kier molecular flexibility index (Phi) is 6.48. The average molecular weight is 343 g/mol. The number of likely N-dealkylation sites (N-methyl/N-ethyl adjacent to an activating group) is 1. The van der Waals surface area contributed by atoms with E-state index in [0.717, 1.165) is 19.5 Å². The molecule has 0 aliphatic carbocycles. The normalized spacial score (nSPS) is 18.2. The monoisotopic (exact) mass is 343 g/mol. The number of hydrogen-bond donors (Lipinski definition) is 1. The first kappa shape index (κ1) is 18.6. The van der Waals surface area contributed by atoms with E-state index in [1.54, 1.807) is 0 Å². The van der Waals surface area contributed by atoms with E-state index in [1.165, 1.54) is 17.6 Å². The molecule has 7 heteroatoms. The van der Waals surface area contributed by atoms with E-state index in [4.69, 9.17) is 0 Å². The number of rotatable bonds is 7. The Balaban J connectivity index is 1.66. The molecular weight excluding hydrogens is 319 g/mol. The number of nitrogens with one attached hydrogen (secondary N) is 1. The minimum atomic E-state index is -4.19. The Morgan fingerprint density at radius 2 is 2.04 bits per heavy atom. The topological polar surface area (TPSA) is 35.6 Å². The predicted molar refractivity (Wildman–Crippen MR) is 87.9 cm³/mol. The van der Waals surface area contributed by atoms with Gasteiger partial charge in [-0.05, 0) is 31.5 Å². The minimum absolute atomic E-state index is 0.00873. The smallest absolute Gasteiger partial charge is 0.371 e. The molecule has 2 rings (SSSR count). The molecule has 134 valence electrons. The zero-order valence-corrected chi connectivity index (χ0v) is 13.9. The van der Waals surface area contributed by atoms with Crippen LogP contribution in [0.15, 0.2) is 30.3 Å². The van der Waals surface area contributed by atoms with Gasteiger partial charge in [0.25, 0.3) is 0 Å². The summed E-state index contributed by atoms with van der Waals surface area (Å²) in [5, 5.41) is 2.84. The number of alkyl halides is 3. The maximum absolute atomic E-state index is 12.2. The highest BCUT2D eigenvalue weighted by Crippen LogP contribution is 2.23. The molecule has 1 aromatic rings. The lowest BCUT2D eigenvalue weighted by Crippen LogP contribution is -2.39. The van der Waals surface area contributed by atoms with Gasteiger partial charge in [0.05, 0.1) is 13.0 Å². The summed E-state index contributed by atoms with van der Waals surface area (Å²) in [6.07, 6.45) is -4.08. The van der Waals surface area contributed by atoms with E-state index < -0.39 is 12.6 Å². The van der Waals surface area contributed by atoms with Crippen LogP contribution in [-0.2, 0) is 4.79 Å². The van der Waals surface area contributed by atoms with Crippen molar-refractivity contribution in [1.29, 1.82) is 0 Å². The third-order valence-electron chi connectivity index (χ3n) is 4.19. The summed E-state index contributed by atoms with van der Waals surface area (Å²) in [5.41, 5.74) is 1.18. The molecule has 1 aromatic carbocycles. The fourth-order valence-corrected chi connectivity index (χ4v) is 2.83. The van der Waals surface area contributed by atoms with Crippen molar-refractivity contribution >= 4 is 11.6 Å². The molecule has 1 aliphatic heterocycles. The maximum Gasteiger partial charge on any atom is 0.390 e. The standard InChI is InChI=1S/C17H24F3N3O/c1-22(10-8-17(18,19)20)13-16(24)21-11-14-7-9-23(12-14)15-5-3-2-4-6-15/h2-6,14H,7-13H2,1H3,(H,21,24). The molecular formula is C17H24F3N3O. The third kappa shape index (κ3) is 6.39. The molecule has 1 aliphatic rings. The number of hydrogen-bond acceptors (Lipinski definition) is 3. The summed E-state index contributed by atoms with van der Waals surface area (Å²) in [6, 6.07) is 10.1. The van der Waals surface area contributed by atoms with Gasteiger partial charge >= 0.3 is 6.18 Å². The molecule has 0 radical (unpaired) electrons. The van der Waals surface area contributed by atoms with E-state index in [1.807, 2.05) is 18.2 Å². The van der Waals surface area contributed by atoms with E-state index in [0.29, 0.717) is 12.5 Å². The molecule has 0 spiro atoms. The number of anilines is 1. The van der Waals surface area contributed by atoms with Crippen LogP contribution in [0.3, 0.4) is 0 Å². The van der Waals surface area contributed by atoms with Crippen LogP contribution < -0.4 is 10.2 Å². The first-order valence-electron chi connectivity index (χ1n) is 8.15. The lowest BCUT2D eigenvalue weighted by molar-refractivity contribution is -0.139. The Bertz CT molecular complexity index is 522. The Labute approximate surface area is 140 Å². The second-order valence-corrected chi connectivity index (χ2v) is 6.34. The van der Waals surface area contributed by atoms with Crippen molar-refractivity contribution in [3.8, 4) is 0 Å². The van der Waals surface area contributed by atoms with Crippen LogP contribution in [-0.4, -0.2) is 56.8 Å². The Morgan fingerprint density at radius 1 is 1.33 bits per heavy atom. The second kappa shape index (κ2) is 8.37. The van der Waals surface area contributed by atoms with E-state index in [-0.39, 0.29) is 19.0 Å². The molecule has 0 bridgehead atoms. The molecule has 24 heavy (non-hydrogen) atoms. The highest BCUT2D eigenvalue weighted by Gasteiger charge is 2.27. The van der Waals surface area contributed by atoms with E-state index >= 15 is 0 Å². The maximum atomic E-state index is 12.2. The molecule has 4 nitrogen and oxygen atoms in total. The molecule has 1 saturated heterocycles. The molecule has 1 fully saturated rings. The van der Waals surface area contributed by atoms with Gasteiger partial charge in [-0.1, -0.05) is 18.2 Å². The summed E-state index contributed by atoms with van der Waals surface area (Å²) in [5.74, 6) is 0.146. The Morgan fingerprint density at radius 3 is 2.71 bits per heavy atom. The highest BCUT2D eigenvalue weighted by atomic mass is 19.4. The first-order chi connectivity index (χ1) is 11.3. The predicted octanol–water partition coefficient (Wildman–Crippen LogP) is 2.51. The second-order valence-electron chi connectivity index (χ2n) is 6.34. The minimum Gasteiger partial charge on any atom is -0.371 e. The summed E-state index contributed by atoms with van der Waals surface area (Å²) in [6.45, 7) is 2.23. The van der Waals surface area contributed by atoms with Gasteiger partial charge in [0.2, 0.25) is 5.91 Å². The van der Waals surface area contributed by atoms with Crippen molar-refractivity contribution in [3.63, 3.8) is 0 Å². The van der Waals surface area contributed by atoms with Gasteiger partial charge in [-0.3, -0.25) is 9.69 Å². The van der Waals surface area contributed by atoms with E-state index in [9.17, 15) is 18.0 Å². The van der Waals surface area contributed by atoms with Crippen LogP contribution in [0, 0.1) is 5.92 Å². The van der Waals surface area contributed by atoms with Gasteiger partial charge in [-0.2, -0.15) is 13.2 Å². The van der Waals surface area contributed by atoms with Gasteiger partial charge < -0.3 is 10.2 Å². The quantitative estimate of drug-likeness (QED) is 0.826. The van der Waals surface area contributed by atoms with Gasteiger partial charge in [-0.15, -0.1) is 0 Å². The summed E-state index contributed by atoms with van der Waals surface area (Å²) in [4.78, 5) is 15.5. The van der Waals surface area contributed by atoms with Crippen molar-refractivity contribution in [3.05, 3.63) is 30.3 Å². The van der Waals surface area contributed by atoms with Crippen LogP contribution in [0.25, 0.3) is 0 Å². The summed E-state index contributed by atoms with van der Waals surface area (Å²) < 4.78 is 36.5. The lowest BCUT2D eigenvalue weighted by atomic mass is 10.1. The molecule has 1 amide bonds. The van der Waals surface area contributed by atoms with Crippen LogP contribution in [0.2, 0.25) is 0 Å². The largest absolute Gasteiger partial charge is 0.390 e. The van der Waals surface area contributed by atoms with Crippen LogP contribution in [0.4, 0.5) is 18.9 Å². The zero-order valence-electron chi connectivity index (χ0n) is 13.9. The van der Waals surface area contributed by atoms with Crippen LogP contribution in [0.5, 0.6) is 0 Å². The number of benzene rings is 1. The number of carbonyl (C=O) groups is 1. The summed E-state index contributed by atoms with van der Waals surface area (Å²) in [7, 11) is 1.53. The molecule has 0 saturated carbocycles. The van der Waals surface area contributed by atoms with Crippen molar-refractivity contribution in [2.24, 2.45) is 5.92 Å². The number of carbonyl (C=O) groups excluding carboxylic acids is 1. The number of para-hydroxylation sites is 1. The molecule has 1 atom stereocenters. The molecule has 0 aromatic heterocycles. The number of halogens is 3. The number of nitrogens with zero attached hydrogens (tertiary/aromatic N) is 2. The SMILES string of the molecule is CN(CCC(F)(F)F)CC(=O)NCC1CCN(c2ccccc2)C1. The van der Waals surface area contributed by atoms with E-state index in [2.05, 4.69) is 22.3 Å². The molecule has 1 N–H and O–H groups in total. The van der Waals surface area contributed by atoms with Gasteiger partial charge in [-0.25, -0.2) is 0 Å². The van der Waals surface area contributed by atoms with Crippen LogP contribution in [0.1, 0.15) is 12.8 Å². The lowest BCUT2D eigenvalue weighted by Gasteiger charge is -2.20. The number of amides is 1. The van der Waals surface area contributed by atoms with Crippen molar-refractivity contribution in [1.82, 2.24) is 10.2 Å². The molecule has 1 heterocycles. The fraction of sp³-hybridized carbons (Fsp3) is 0.588. The first-order valence-corrected chi connectivity index (χ1v) is 8.15. The fourth-order valence-electron chi connectivity index (χ4n) is 2.83. The van der Waals surface area contributed by atoms with Gasteiger partial charge in [0.15, 0.2) is 0 Å². The van der Waals surface area contributed by atoms with Gasteiger partial charge in [0, 0.05) is 31.9 Å². The molecule has 1 unspecified atom stereocenters. The van der Waals surface area contributed by atoms with Crippen LogP contribution >= 0.6 is 0 Å². The average Bonchev–Trinajstić information content (AvgIpc) is 3.00. The van der Waals surface area contributed by atoms with Crippen molar-refractivity contribution in [2.45, 2.75) is 19.0 Å². The highest BCUT2D eigenvalue weighted by molar-refractivity contribution is 5.78. The van der Waals surface area contributed by atoms with Crippen molar-refractivity contribution in [2.75, 3.05) is 44.7 Å². The van der Waals surface area contributed by atoms with Gasteiger partial charge in [0.1, 0.15) is 0 Å².